The van der Waals surface area contributed by atoms with E-state index in [1.165, 1.54) is 53.8 Å². The van der Waals surface area contributed by atoms with Gasteiger partial charge in [-0.15, -0.1) is 0 Å². The van der Waals surface area contributed by atoms with Gasteiger partial charge >= 0.3 is 0 Å². The summed E-state index contributed by atoms with van der Waals surface area (Å²) in [5.74, 6) is -1.56. The van der Waals surface area contributed by atoms with E-state index < -0.39 is 32.5 Å². The van der Waals surface area contributed by atoms with Crippen molar-refractivity contribution in [3.05, 3.63) is 83.5 Å². The molecule has 0 bridgehead atoms. The predicted octanol–water partition coefficient (Wildman–Crippen LogP) is 6.97. The van der Waals surface area contributed by atoms with Crippen LogP contribution in [-0.4, -0.2) is 32.9 Å². The van der Waals surface area contributed by atoms with Gasteiger partial charge in [-0.1, -0.05) is 40.3 Å². The van der Waals surface area contributed by atoms with Crippen molar-refractivity contribution in [3.8, 4) is 6.07 Å². The number of rotatable bonds is 9. The molecule has 9 heteroatoms. The second-order valence-corrected chi connectivity index (χ2v) is 12.4. The molecule has 0 saturated heterocycles. The lowest BCUT2D eigenvalue weighted by atomic mass is 9.64. The Bertz CT molecular complexity index is 1390. The summed E-state index contributed by atoms with van der Waals surface area (Å²) in [5.41, 5.74) is 0.0137. The Kier molecular flexibility index (Phi) is 8.69. The molecule has 1 aliphatic carbocycles. The van der Waals surface area contributed by atoms with Gasteiger partial charge in [0.1, 0.15) is 11.6 Å². The summed E-state index contributed by atoms with van der Waals surface area (Å²) < 4.78 is 57.5. The quantitative estimate of drug-likeness (QED) is 0.254. The molecule has 2 aromatic carbocycles. The van der Waals surface area contributed by atoms with Crippen molar-refractivity contribution in [1.29, 1.82) is 5.26 Å². The number of halogens is 2. The Hall–Kier alpha value is -3.22. The maximum atomic E-state index is 14.5. The van der Waals surface area contributed by atoms with Gasteiger partial charge in [-0.3, -0.25) is 0 Å². The van der Waals surface area contributed by atoms with E-state index in [1.807, 2.05) is 6.07 Å². The van der Waals surface area contributed by atoms with Crippen LogP contribution in [0.5, 0.6) is 0 Å². The molecule has 6 nitrogen and oxygen atoms in total. The molecule has 2 atom stereocenters. The van der Waals surface area contributed by atoms with Crippen molar-refractivity contribution in [2.45, 2.75) is 45.4 Å². The summed E-state index contributed by atoms with van der Waals surface area (Å²) in [6, 6.07) is 11.5. The smallest absolute Gasteiger partial charge is 0.207 e. The lowest BCUT2D eigenvalue weighted by Gasteiger charge is -2.44. The Balaban J connectivity index is 1.92. The number of allylic oxidation sites excluding steroid dienone is 2. The molecule has 1 saturated carbocycles. The maximum absolute atomic E-state index is 14.5. The van der Waals surface area contributed by atoms with Gasteiger partial charge in [0.2, 0.25) is 10.0 Å². The van der Waals surface area contributed by atoms with Crippen LogP contribution in [0.2, 0.25) is 0 Å². The van der Waals surface area contributed by atoms with Crippen LogP contribution < -0.4 is 0 Å². The largest absolute Gasteiger partial charge is 0.243 e. The first-order valence-corrected chi connectivity index (χ1v) is 13.9. The van der Waals surface area contributed by atoms with Gasteiger partial charge < -0.3 is 0 Å². The minimum atomic E-state index is -3.78. The average Bonchev–Trinajstić information content (AvgIpc) is 3.10. The van der Waals surface area contributed by atoms with E-state index in [0.29, 0.717) is 11.1 Å². The van der Waals surface area contributed by atoms with Gasteiger partial charge in [0.25, 0.3) is 0 Å². The topological polar surface area (TPSA) is 85.9 Å². The highest BCUT2D eigenvalue weighted by Crippen LogP contribution is 2.58. The van der Waals surface area contributed by atoms with E-state index >= 15 is 0 Å². The minimum Gasteiger partial charge on any atom is -0.207 e. The highest BCUT2D eigenvalue weighted by Gasteiger charge is 2.53. The van der Waals surface area contributed by atoms with Crippen LogP contribution in [0, 0.1) is 39.7 Å². The first-order valence-electron chi connectivity index (χ1n) is 12.5. The lowest BCUT2D eigenvalue weighted by Crippen LogP contribution is -2.46. The van der Waals surface area contributed by atoms with Crippen molar-refractivity contribution in [3.63, 3.8) is 0 Å². The number of nitrogens with zero attached hydrogens (tertiary/aromatic N) is 4. The molecule has 0 radical (unpaired) electrons. The van der Waals surface area contributed by atoms with Crippen LogP contribution in [0.15, 0.2) is 75.8 Å². The fourth-order valence-corrected chi connectivity index (χ4v) is 6.96. The zero-order chi connectivity index (χ0) is 28.3. The third-order valence-electron chi connectivity index (χ3n) is 8.11. The predicted molar refractivity (Wildman–Crippen MR) is 144 cm³/mol. The van der Waals surface area contributed by atoms with E-state index in [0.717, 1.165) is 12.8 Å². The summed E-state index contributed by atoms with van der Waals surface area (Å²) in [6.07, 6.45) is 3.04. The normalized spacial score (nSPS) is 21.7. The van der Waals surface area contributed by atoms with Gasteiger partial charge in [-0.05, 0) is 77.6 Å². The molecule has 0 aromatic heterocycles. The molecule has 0 amide bonds. The van der Waals surface area contributed by atoms with Crippen molar-refractivity contribution in [1.82, 2.24) is 4.31 Å². The van der Waals surface area contributed by atoms with Crippen LogP contribution >= 0.6 is 0 Å². The van der Waals surface area contributed by atoms with Crippen molar-refractivity contribution in [2.24, 2.45) is 27.0 Å². The van der Waals surface area contributed by atoms with Crippen molar-refractivity contribution in [2.75, 3.05) is 20.1 Å². The highest BCUT2D eigenvalue weighted by molar-refractivity contribution is 7.89. The van der Waals surface area contributed by atoms with Crippen molar-refractivity contribution < 1.29 is 17.2 Å². The van der Waals surface area contributed by atoms with Crippen LogP contribution in [-0.2, 0) is 10.0 Å². The van der Waals surface area contributed by atoms with E-state index in [9.17, 15) is 17.2 Å². The lowest BCUT2D eigenvalue weighted by molar-refractivity contribution is 0.0803. The number of hydrogen-bond donors (Lipinski definition) is 0. The van der Waals surface area contributed by atoms with Gasteiger partial charge in [0, 0.05) is 20.1 Å². The van der Waals surface area contributed by atoms with E-state index in [4.69, 9.17) is 5.26 Å². The van der Waals surface area contributed by atoms with Gasteiger partial charge in [0.15, 0.2) is 0 Å². The molecule has 2 aromatic rings. The molecule has 1 unspecified atom stereocenters. The van der Waals surface area contributed by atoms with Gasteiger partial charge in [-0.2, -0.15) is 19.8 Å². The Labute approximate surface area is 224 Å². The maximum Gasteiger partial charge on any atom is 0.243 e. The van der Waals surface area contributed by atoms with E-state index in [-0.39, 0.29) is 35.2 Å². The zero-order valence-corrected chi connectivity index (χ0v) is 23.3. The Morgan fingerprint density at radius 1 is 1.18 bits per heavy atom. The van der Waals surface area contributed by atoms with Crippen LogP contribution in [0.25, 0.3) is 5.70 Å². The van der Waals surface area contributed by atoms with Gasteiger partial charge in [-0.25, -0.2) is 17.2 Å². The number of hydrogen-bond acceptors (Lipinski definition) is 5. The fraction of sp³-hybridized carbons (Fsp3) is 0.414. The van der Waals surface area contributed by atoms with Gasteiger partial charge in [0.05, 0.1) is 27.8 Å². The number of benzene rings is 2. The van der Waals surface area contributed by atoms with Crippen LogP contribution in [0.3, 0.4) is 0 Å². The molecule has 0 spiro atoms. The van der Waals surface area contributed by atoms with E-state index in [1.54, 1.807) is 13.0 Å². The molecular formula is C29H34F2N4O2S. The number of azo groups is 1. The zero-order valence-electron chi connectivity index (χ0n) is 22.5. The third-order valence-corrected chi connectivity index (χ3v) is 10.0. The number of nitriles is 1. The molecule has 202 valence electrons. The summed E-state index contributed by atoms with van der Waals surface area (Å²) in [5, 5.41) is 16.8. The molecule has 38 heavy (non-hydrogen) atoms. The fourth-order valence-electron chi connectivity index (χ4n) is 5.38. The molecule has 0 heterocycles. The highest BCUT2D eigenvalue weighted by atomic mass is 32.2. The third kappa shape index (κ3) is 5.47. The van der Waals surface area contributed by atoms with Crippen LogP contribution in [0.4, 0.5) is 8.78 Å². The monoisotopic (exact) mass is 540 g/mol. The SMILES string of the molecule is C=C(/C=C(\N=N/C)c1c(F)cccc1F)[C@@H]1CCC(C)(CN(CC)S(=O)(=O)c2ccc(C#N)cc2)C1(C)C. The number of sulfonamides is 1. The first-order chi connectivity index (χ1) is 17.8. The average molecular weight is 541 g/mol. The summed E-state index contributed by atoms with van der Waals surface area (Å²) in [6.45, 7) is 12.8. The second kappa shape index (κ2) is 11.3. The molecule has 1 fully saturated rings. The second-order valence-electron chi connectivity index (χ2n) is 10.4. The molecule has 0 N–H and O–H groups in total. The Morgan fingerprint density at radius 2 is 1.79 bits per heavy atom. The molecule has 1 aliphatic rings. The molecule has 3 rings (SSSR count). The molecule has 0 aliphatic heterocycles. The van der Waals surface area contributed by atoms with Crippen LogP contribution in [0.1, 0.15) is 51.7 Å². The van der Waals surface area contributed by atoms with E-state index in [2.05, 4.69) is 37.6 Å². The van der Waals surface area contributed by atoms with Crippen molar-refractivity contribution >= 4 is 15.7 Å². The summed E-state index contributed by atoms with van der Waals surface area (Å²) >= 11 is 0. The molecular weight excluding hydrogens is 506 g/mol. The summed E-state index contributed by atoms with van der Waals surface area (Å²) in [4.78, 5) is 0.142. The first kappa shape index (κ1) is 29.3. The minimum absolute atomic E-state index is 0.0519. The Morgan fingerprint density at radius 3 is 2.32 bits per heavy atom. The standard InChI is InChI=1S/C29H34F2N4O2S/c1-7-35(38(36,37)22-13-11-21(18-32)12-14-22)19-29(5)16-15-23(28(29,3)4)20(2)17-26(34-33-6)27-24(30)9-8-10-25(27)31/h8-14,17,23H,2,7,15-16,19H2,1,3-6H3/b26-17-,34-33-/t23-,29?/m0/s1. The summed E-state index contributed by atoms with van der Waals surface area (Å²) in [7, 11) is -2.35.